The van der Waals surface area contributed by atoms with Crippen molar-refractivity contribution in [1.82, 2.24) is 4.98 Å². The van der Waals surface area contributed by atoms with Crippen LogP contribution in [0.25, 0.3) is 11.3 Å². The van der Waals surface area contributed by atoms with E-state index in [9.17, 15) is 13.6 Å². The molecule has 0 atom stereocenters. The van der Waals surface area contributed by atoms with Gasteiger partial charge in [-0.15, -0.1) is 11.3 Å². The highest BCUT2D eigenvalue weighted by Gasteiger charge is 2.09. The average molecular weight is 346 g/mol. The molecule has 0 fully saturated rings. The summed E-state index contributed by atoms with van der Waals surface area (Å²) in [6.45, 7) is -0.222. The molecule has 1 heterocycles. The minimum absolute atomic E-state index is 0.222. The van der Waals surface area contributed by atoms with Crippen molar-refractivity contribution in [3.05, 3.63) is 65.5 Å². The summed E-state index contributed by atoms with van der Waals surface area (Å²) >= 11 is 1.23. The quantitative estimate of drug-likeness (QED) is 0.756. The van der Waals surface area contributed by atoms with Crippen LogP contribution in [0.15, 0.2) is 53.9 Å². The summed E-state index contributed by atoms with van der Waals surface area (Å²) in [5.41, 5.74) is 1.21. The van der Waals surface area contributed by atoms with Crippen LogP contribution in [-0.2, 0) is 4.79 Å². The van der Waals surface area contributed by atoms with Crippen LogP contribution in [0.1, 0.15) is 0 Å². The first-order chi connectivity index (χ1) is 11.6. The molecule has 3 aromatic rings. The van der Waals surface area contributed by atoms with E-state index in [1.54, 1.807) is 17.5 Å². The van der Waals surface area contributed by atoms with E-state index >= 15 is 0 Å². The summed E-state index contributed by atoms with van der Waals surface area (Å²) in [4.78, 5) is 16.1. The number of rotatable bonds is 5. The van der Waals surface area contributed by atoms with Crippen molar-refractivity contribution in [2.24, 2.45) is 0 Å². The van der Waals surface area contributed by atoms with E-state index in [4.69, 9.17) is 4.74 Å². The van der Waals surface area contributed by atoms with Gasteiger partial charge in [-0.3, -0.25) is 10.1 Å². The van der Waals surface area contributed by atoms with Gasteiger partial charge in [0.15, 0.2) is 11.7 Å². The number of halogens is 2. The zero-order chi connectivity index (χ0) is 16.9. The van der Waals surface area contributed by atoms with Gasteiger partial charge >= 0.3 is 0 Å². The molecule has 1 N–H and O–H groups in total. The average Bonchev–Trinajstić information content (AvgIpc) is 3.03. The topological polar surface area (TPSA) is 51.2 Å². The normalized spacial score (nSPS) is 10.4. The van der Waals surface area contributed by atoms with Crippen molar-refractivity contribution in [3.63, 3.8) is 0 Å². The number of anilines is 1. The fourth-order valence-electron chi connectivity index (χ4n) is 1.95. The van der Waals surface area contributed by atoms with Gasteiger partial charge in [0.25, 0.3) is 5.91 Å². The number of amides is 1. The third kappa shape index (κ3) is 4.14. The van der Waals surface area contributed by atoms with Gasteiger partial charge in [-0.05, 0) is 36.4 Å². The molecule has 0 unspecified atom stereocenters. The smallest absolute Gasteiger partial charge is 0.264 e. The SMILES string of the molecule is O=C(COc1ccc(F)cc1)Nc1nc(-c2cccc(F)c2)cs1. The van der Waals surface area contributed by atoms with Gasteiger partial charge in [-0.25, -0.2) is 13.8 Å². The Morgan fingerprint density at radius 3 is 2.67 bits per heavy atom. The summed E-state index contributed by atoms with van der Waals surface area (Å²) < 4.78 is 31.2. The van der Waals surface area contributed by atoms with Gasteiger partial charge in [0, 0.05) is 10.9 Å². The molecule has 2 aromatic carbocycles. The Morgan fingerprint density at radius 2 is 1.92 bits per heavy atom. The summed E-state index contributed by atoms with van der Waals surface area (Å²) in [6.07, 6.45) is 0. The maximum atomic E-state index is 13.2. The van der Waals surface area contributed by atoms with Crippen LogP contribution in [0.3, 0.4) is 0 Å². The van der Waals surface area contributed by atoms with E-state index in [0.29, 0.717) is 22.1 Å². The van der Waals surface area contributed by atoms with E-state index in [1.165, 1.54) is 47.7 Å². The minimum Gasteiger partial charge on any atom is -0.484 e. The molecule has 3 rings (SSSR count). The van der Waals surface area contributed by atoms with Crippen LogP contribution in [0.4, 0.5) is 13.9 Å². The van der Waals surface area contributed by atoms with Crippen molar-refractivity contribution in [2.45, 2.75) is 0 Å². The third-order valence-corrected chi connectivity index (χ3v) is 3.81. The van der Waals surface area contributed by atoms with E-state index in [0.717, 1.165) is 0 Å². The molecule has 0 radical (unpaired) electrons. The van der Waals surface area contributed by atoms with Crippen LogP contribution in [0, 0.1) is 11.6 Å². The summed E-state index contributed by atoms with van der Waals surface area (Å²) in [7, 11) is 0. The summed E-state index contributed by atoms with van der Waals surface area (Å²) in [5.74, 6) is -0.719. The molecule has 7 heteroatoms. The zero-order valence-electron chi connectivity index (χ0n) is 12.3. The Labute approximate surface area is 140 Å². The van der Waals surface area contributed by atoms with Crippen molar-refractivity contribution < 1.29 is 18.3 Å². The highest BCUT2D eigenvalue weighted by molar-refractivity contribution is 7.14. The number of thiazole rings is 1. The molecule has 122 valence electrons. The number of ether oxygens (including phenoxy) is 1. The maximum Gasteiger partial charge on any atom is 0.264 e. The van der Waals surface area contributed by atoms with Gasteiger partial charge in [0.05, 0.1) is 5.69 Å². The van der Waals surface area contributed by atoms with Crippen LogP contribution >= 0.6 is 11.3 Å². The summed E-state index contributed by atoms with van der Waals surface area (Å²) in [5, 5.41) is 4.72. The number of carbonyl (C=O) groups excluding carboxylic acids is 1. The highest BCUT2D eigenvalue weighted by Crippen LogP contribution is 2.25. The number of hydrogen-bond acceptors (Lipinski definition) is 4. The van der Waals surface area contributed by atoms with Crippen LogP contribution < -0.4 is 10.1 Å². The molecule has 1 amide bonds. The van der Waals surface area contributed by atoms with Crippen LogP contribution in [0.5, 0.6) is 5.75 Å². The Bertz CT molecular complexity index is 850. The number of nitrogens with zero attached hydrogens (tertiary/aromatic N) is 1. The predicted octanol–water partition coefficient (Wildman–Crippen LogP) is 4.11. The van der Waals surface area contributed by atoms with E-state index in [1.807, 2.05) is 0 Å². The largest absolute Gasteiger partial charge is 0.484 e. The van der Waals surface area contributed by atoms with Crippen LogP contribution in [-0.4, -0.2) is 17.5 Å². The second kappa shape index (κ2) is 7.18. The molecule has 0 saturated heterocycles. The second-order valence-electron chi connectivity index (χ2n) is 4.84. The highest BCUT2D eigenvalue weighted by atomic mass is 32.1. The zero-order valence-corrected chi connectivity index (χ0v) is 13.1. The number of hydrogen-bond donors (Lipinski definition) is 1. The second-order valence-corrected chi connectivity index (χ2v) is 5.70. The molecule has 0 aliphatic heterocycles. The van der Waals surface area contributed by atoms with E-state index in [-0.39, 0.29) is 24.1 Å². The van der Waals surface area contributed by atoms with Gasteiger partial charge < -0.3 is 4.74 Å². The molecule has 24 heavy (non-hydrogen) atoms. The van der Waals surface area contributed by atoms with Crippen molar-refractivity contribution in [3.8, 4) is 17.0 Å². The Balaban J connectivity index is 1.58. The van der Waals surface area contributed by atoms with Gasteiger partial charge in [-0.1, -0.05) is 12.1 Å². The molecular formula is C17H12F2N2O2S. The lowest BCUT2D eigenvalue weighted by molar-refractivity contribution is -0.118. The monoisotopic (exact) mass is 346 g/mol. The Hall–Kier alpha value is -2.80. The summed E-state index contributed by atoms with van der Waals surface area (Å²) in [6, 6.07) is 11.4. The van der Waals surface area contributed by atoms with Gasteiger partial charge in [0.1, 0.15) is 17.4 Å². The molecule has 0 aliphatic rings. The maximum absolute atomic E-state index is 13.2. The van der Waals surface area contributed by atoms with Crippen molar-refractivity contribution in [1.29, 1.82) is 0 Å². The molecule has 1 aromatic heterocycles. The number of aromatic nitrogens is 1. The number of carbonyl (C=O) groups is 1. The van der Waals surface area contributed by atoms with E-state index in [2.05, 4.69) is 10.3 Å². The third-order valence-electron chi connectivity index (χ3n) is 3.05. The lowest BCUT2D eigenvalue weighted by Gasteiger charge is -2.05. The Kier molecular flexibility index (Phi) is 4.81. The molecule has 0 bridgehead atoms. The molecular weight excluding hydrogens is 334 g/mol. The minimum atomic E-state index is -0.389. The van der Waals surface area contributed by atoms with Crippen molar-refractivity contribution >= 4 is 22.4 Å². The van der Waals surface area contributed by atoms with Crippen molar-refractivity contribution in [2.75, 3.05) is 11.9 Å². The molecule has 4 nitrogen and oxygen atoms in total. The first-order valence-corrected chi connectivity index (χ1v) is 7.88. The first-order valence-electron chi connectivity index (χ1n) is 7.00. The molecule has 0 aliphatic carbocycles. The lowest BCUT2D eigenvalue weighted by Crippen LogP contribution is -2.20. The first kappa shape index (κ1) is 16.1. The number of nitrogens with one attached hydrogen (secondary N) is 1. The fourth-order valence-corrected chi connectivity index (χ4v) is 2.68. The standard InChI is InChI=1S/C17H12F2N2O2S/c18-12-4-6-14(7-5-12)23-9-16(22)21-17-20-15(10-24-17)11-2-1-3-13(19)8-11/h1-8,10H,9H2,(H,20,21,22). The lowest BCUT2D eigenvalue weighted by atomic mass is 10.2. The fraction of sp³-hybridized carbons (Fsp3) is 0.0588. The van der Waals surface area contributed by atoms with Gasteiger partial charge in [0.2, 0.25) is 0 Å². The van der Waals surface area contributed by atoms with Gasteiger partial charge in [-0.2, -0.15) is 0 Å². The molecule has 0 spiro atoms. The van der Waals surface area contributed by atoms with Crippen LogP contribution in [0.2, 0.25) is 0 Å². The van der Waals surface area contributed by atoms with E-state index < -0.39 is 0 Å². The predicted molar refractivity (Wildman–Crippen MR) is 88.0 cm³/mol. The Morgan fingerprint density at radius 1 is 1.12 bits per heavy atom. The number of benzene rings is 2. The molecule has 0 saturated carbocycles.